The number of rotatable bonds is 2. The number of nitrogens with one attached hydrogen (secondary N) is 1. The minimum absolute atomic E-state index is 0.531. The third kappa shape index (κ3) is 2.44. The predicted molar refractivity (Wildman–Crippen MR) is 70.3 cm³/mol. The van der Waals surface area contributed by atoms with Crippen LogP contribution in [-0.4, -0.2) is 24.6 Å². The molecule has 3 heteroatoms. The molecule has 0 amide bonds. The third-order valence-corrected chi connectivity index (χ3v) is 3.91. The summed E-state index contributed by atoms with van der Waals surface area (Å²) in [4.78, 5) is 7.01. The predicted octanol–water partition coefficient (Wildman–Crippen LogP) is 2.50. The molecule has 0 radical (unpaired) electrons. The summed E-state index contributed by atoms with van der Waals surface area (Å²) >= 11 is 0. The lowest BCUT2D eigenvalue weighted by Gasteiger charge is -2.24. The Bertz CT molecular complexity index is 348. The molecule has 1 aromatic rings. The van der Waals surface area contributed by atoms with Crippen LogP contribution in [0.1, 0.15) is 43.7 Å². The van der Waals surface area contributed by atoms with Gasteiger partial charge in [0.2, 0.25) is 0 Å². The topological polar surface area (TPSA) is 28.2 Å². The lowest BCUT2D eigenvalue weighted by atomic mass is 9.99. The molecule has 0 spiro atoms. The summed E-state index contributed by atoms with van der Waals surface area (Å²) in [5, 5.41) is 3.57. The Hall–Kier alpha value is -1.09. The van der Waals surface area contributed by atoms with Crippen LogP contribution in [0.2, 0.25) is 0 Å². The van der Waals surface area contributed by atoms with E-state index >= 15 is 0 Å². The highest BCUT2D eigenvalue weighted by atomic mass is 15.2. The van der Waals surface area contributed by atoms with Gasteiger partial charge in [0.25, 0.3) is 0 Å². The van der Waals surface area contributed by atoms with Gasteiger partial charge in [-0.2, -0.15) is 0 Å². The Morgan fingerprint density at radius 1 is 1.12 bits per heavy atom. The Labute approximate surface area is 103 Å². The largest absolute Gasteiger partial charge is 0.357 e. The van der Waals surface area contributed by atoms with Crippen LogP contribution in [0.3, 0.4) is 0 Å². The smallest absolute Gasteiger partial charge is 0.128 e. The van der Waals surface area contributed by atoms with Crippen LogP contribution in [0.25, 0.3) is 0 Å². The van der Waals surface area contributed by atoms with E-state index in [4.69, 9.17) is 0 Å². The van der Waals surface area contributed by atoms with Crippen LogP contribution in [0.5, 0.6) is 0 Å². The first-order chi connectivity index (χ1) is 8.43. The number of hydrogen-bond donors (Lipinski definition) is 1. The van der Waals surface area contributed by atoms with Crippen LogP contribution in [0.4, 0.5) is 5.82 Å². The average molecular weight is 231 g/mol. The molecule has 2 aliphatic rings. The average Bonchev–Trinajstić information content (AvgIpc) is 2.94. The lowest BCUT2D eigenvalue weighted by Crippen LogP contribution is -2.27. The third-order valence-electron chi connectivity index (χ3n) is 3.91. The van der Waals surface area contributed by atoms with Gasteiger partial charge in [-0.15, -0.1) is 0 Å². The van der Waals surface area contributed by atoms with E-state index in [0.717, 1.165) is 12.4 Å². The van der Waals surface area contributed by atoms with E-state index in [0.29, 0.717) is 6.04 Å². The number of nitrogens with zero attached hydrogens (tertiary/aromatic N) is 2. The number of aromatic nitrogens is 1. The van der Waals surface area contributed by atoms with Crippen LogP contribution in [-0.2, 0) is 0 Å². The number of piperidine rings is 1. The van der Waals surface area contributed by atoms with Gasteiger partial charge in [-0.25, -0.2) is 4.98 Å². The van der Waals surface area contributed by atoms with Crippen LogP contribution in [0.15, 0.2) is 18.3 Å². The normalized spacial score (nSPS) is 25.2. The van der Waals surface area contributed by atoms with Crippen molar-refractivity contribution in [1.29, 1.82) is 0 Å². The minimum atomic E-state index is 0.531. The van der Waals surface area contributed by atoms with Crippen molar-refractivity contribution in [2.24, 2.45) is 0 Å². The second-order valence-electron chi connectivity index (χ2n) is 5.15. The standard InChI is InChI=1S/C14H21N3/c1-2-8-15-13(5-1)12-6-7-14(16-11-12)17-9-3-4-10-17/h6-7,11,13,15H,1-5,8-10H2. The molecular formula is C14H21N3. The van der Waals surface area contributed by atoms with Crippen molar-refractivity contribution in [1.82, 2.24) is 10.3 Å². The highest BCUT2D eigenvalue weighted by Gasteiger charge is 2.17. The van der Waals surface area contributed by atoms with E-state index in [9.17, 15) is 0 Å². The monoisotopic (exact) mass is 231 g/mol. The summed E-state index contributed by atoms with van der Waals surface area (Å²) in [6, 6.07) is 4.98. The van der Waals surface area contributed by atoms with E-state index in [1.165, 1.54) is 50.8 Å². The first-order valence-corrected chi connectivity index (χ1v) is 6.88. The van der Waals surface area contributed by atoms with E-state index < -0.39 is 0 Å². The maximum Gasteiger partial charge on any atom is 0.128 e. The first kappa shape index (κ1) is 11.0. The molecule has 17 heavy (non-hydrogen) atoms. The van der Waals surface area contributed by atoms with Gasteiger partial charge < -0.3 is 10.2 Å². The van der Waals surface area contributed by atoms with Gasteiger partial charge in [-0.3, -0.25) is 0 Å². The minimum Gasteiger partial charge on any atom is -0.357 e. The summed E-state index contributed by atoms with van der Waals surface area (Å²) in [5.41, 5.74) is 1.35. The molecule has 1 N–H and O–H groups in total. The molecule has 92 valence electrons. The van der Waals surface area contributed by atoms with Crippen LogP contribution < -0.4 is 10.2 Å². The highest BCUT2D eigenvalue weighted by Crippen LogP contribution is 2.24. The van der Waals surface area contributed by atoms with E-state index in [1.807, 2.05) is 0 Å². The molecule has 2 aliphatic heterocycles. The van der Waals surface area contributed by atoms with E-state index in [2.05, 4.69) is 33.5 Å². The van der Waals surface area contributed by atoms with Gasteiger partial charge in [0.05, 0.1) is 0 Å². The molecule has 2 saturated heterocycles. The molecule has 0 saturated carbocycles. The van der Waals surface area contributed by atoms with Crippen molar-refractivity contribution in [2.45, 2.75) is 38.1 Å². The van der Waals surface area contributed by atoms with Crippen molar-refractivity contribution < 1.29 is 0 Å². The SMILES string of the molecule is c1cc(N2CCCC2)ncc1C1CCCCN1. The second-order valence-corrected chi connectivity index (χ2v) is 5.15. The Balaban J connectivity index is 1.70. The van der Waals surface area contributed by atoms with Crippen molar-refractivity contribution >= 4 is 5.82 Å². The van der Waals surface area contributed by atoms with Gasteiger partial charge >= 0.3 is 0 Å². The van der Waals surface area contributed by atoms with Gasteiger partial charge in [0.1, 0.15) is 5.82 Å². The molecule has 2 fully saturated rings. The zero-order valence-electron chi connectivity index (χ0n) is 10.4. The maximum absolute atomic E-state index is 4.62. The van der Waals surface area contributed by atoms with Crippen molar-refractivity contribution in [3.8, 4) is 0 Å². The fourth-order valence-corrected chi connectivity index (χ4v) is 2.87. The zero-order chi connectivity index (χ0) is 11.5. The van der Waals surface area contributed by atoms with Gasteiger partial charge in [0, 0.05) is 25.3 Å². The molecule has 0 aromatic carbocycles. The molecule has 3 heterocycles. The maximum atomic E-state index is 4.62. The molecule has 1 unspecified atom stereocenters. The summed E-state index contributed by atoms with van der Waals surface area (Å²) in [6.45, 7) is 3.50. The van der Waals surface area contributed by atoms with Crippen molar-refractivity contribution in [3.63, 3.8) is 0 Å². The fourth-order valence-electron chi connectivity index (χ4n) is 2.87. The summed E-state index contributed by atoms with van der Waals surface area (Å²) in [6.07, 6.45) is 8.60. The first-order valence-electron chi connectivity index (χ1n) is 6.88. The second kappa shape index (κ2) is 5.05. The molecule has 1 aromatic heterocycles. The fraction of sp³-hybridized carbons (Fsp3) is 0.643. The van der Waals surface area contributed by atoms with Crippen molar-refractivity contribution in [2.75, 3.05) is 24.5 Å². The van der Waals surface area contributed by atoms with E-state index in [-0.39, 0.29) is 0 Å². The number of anilines is 1. The number of pyridine rings is 1. The molecule has 0 bridgehead atoms. The van der Waals surface area contributed by atoms with Gasteiger partial charge in [-0.1, -0.05) is 12.5 Å². The Morgan fingerprint density at radius 2 is 2.00 bits per heavy atom. The van der Waals surface area contributed by atoms with Gasteiger partial charge in [-0.05, 0) is 43.9 Å². The highest BCUT2D eigenvalue weighted by molar-refractivity contribution is 5.40. The van der Waals surface area contributed by atoms with Crippen LogP contribution in [0, 0.1) is 0 Å². The summed E-state index contributed by atoms with van der Waals surface area (Å²) in [5.74, 6) is 1.15. The van der Waals surface area contributed by atoms with Crippen molar-refractivity contribution in [3.05, 3.63) is 23.9 Å². The molecule has 3 nitrogen and oxygen atoms in total. The zero-order valence-corrected chi connectivity index (χ0v) is 10.4. The number of hydrogen-bond acceptors (Lipinski definition) is 3. The Morgan fingerprint density at radius 3 is 2.65 bits per heavy atom. The molecule has 3 rings (SSSR count). The summed E-state index contributed by atoms with van der Waals surface area (Å²) in [7, 11) is 0. The molecule has 1 atom stereocenters. The summed E-state index contributed by atoms with van der Waals surface area (Å²) < 4.78 is 0. The molecule has 0 aliphatic carbocycles. The molecular weight excluding hydrogens is 210 g/mol. The lowest BCUT2D eigenvalue weighted by molar-refractivity contribution is 0.411. The van der Waals surface area contributed by atoms with E-state index in [1.54, 1.807) is 0 Å². The Kier molecular flexibility index (Phi) is 3.27. The quantitative estimate of drug-likeness (QED) is 0.847. The van der Waals surface area contributed by atoms with Crippen LogP contribution >= 0.6 is 0 Å². The van der Waals surface area contributed by atoms with Gasteiger partial charge in [0.15, 0.2) is 0 Å².